The lowest BCUT2D eigenvalue weighted by atomic mass is 9.89. The highest BCUT2D eigenvalue weighted by atomic mass is 35.5. The number of carbonyl (C=O) groups excluding carboxylic acids is 1. The number of aromatic nitrogens is 2. The molecule has 4 aromatic rings. The summed E-state index contributed by atoms with van der Waals surface area (Å²) in [6.07, 6.45) is 0. The Morgan fingerprint density at radius 1 is 1.05 bits per heavy atom. The Bertz CT molecular complexity index is 1640. The second-order valence-electron chi connectivity index (χ2n) is 9.97. The van der Waals surface area contributed by atoms with Crippen molar-refractivity contribution in [2.45, 2.75) is 46.6 Å². The van der Waals surface area contributed by atoms with E-state index in [4.69, 9.17) is 37.8 Å². The molecule has 0 aliphatic rings. The van der Waals surface area contributed by atoms with Crippen molar-refractivity contribution in [1.29, 1.82) is 5.26 Å². The number of aryl methyl sites for hydroxylation is 2. The highest BCUT2D eigenvalue weighted by Crippen LogP contribution is 2.40. The number of esters is 1. The van der Waals surface area contributed by atoms with E-state index >= 15 is 0 Å². The molecule has 1 heterocycles. The van der Waals surface area contributed by atoms with Crippen LogP contribution in [0, 0.1) is 25.2 Å². The van der Waals surface area contributed by atoms with E-state index in [0.29, 0.717) is 32.6 Å². The van der Waals surface area contributed by atoms with Crippen LogP contribution in [0.25, 0.3) is 5.69 Å². The molecule has 9 heteroatoms. The molecule has 0 fully saturated rings. The zero-order chi connectivity index (χ0) is 29.8. The summed E-state index contributed by atoms with van der Waals surface area (Å²) >= 11 is 12.8. The maximum Gasteiger partial charge on any atom is 0.359 e. The van der Waals surface area contributed by atoms with Crippen LogP contribution in [-0.2, 0) is 4.74 Å². The Labute approximate surface area is 250 Å². The molecular formula is C32H32Cl2N4O3. The van der Waals surface area contributed by atoms with Crippen LogP contribution in [-0.4, -0.2) is 29.5 Å². The van der Waals surface area contributed by atoms with Gasteiger partial charge in [-0.1, -0.05) is 49.2 Å². The molecule has 1 N–H and O–H groups in total. The number of ether oxygens (including phenoxy) is 2. The number of anilines is 1. The van der Waals surface area contributed by atoms with Crippen LogP contribution < -0.4 is 10.1 Å². The Morgan fingerprint density at radius 2 is 1.76 bits per heavy atom. The zero-order valence-electron chi connectivity index (χ0n) is 23.9. The molecule has 1 unspecified atom stereocenters. The maximum absolute atomic E-state index is 13.6. The second kappa shape index (κ2) is 12.7. The summed E-state index contributed by atoms with van der Waals surface area (Å²) < 4.78 is 12.9. The number of hydrogen-bond acceptors (Lipinski definition) is 6. The third-order valence-electron chi connectivity index (χ3n) is 6.84. The smallest absolute Gasteiger partial charge is 0.359 e. The number of rotatable bonds is 9. The number of hydrogen-bond donors (Lipinski definition) is 1. The first kappa shape index (κ1) is 30.0. The first-order chi connectivity index (χ1) is 19.6. The van der Waals surface area contributed by atoms with Gasteiger partial charge in [-0.3, -0.25) is 0 Å². The standard InChI is InChI=1S/C32H32Cl2N4O3/c1-7-41-32(39)30-28(31(18(2)3)38(37-30)26-15-21(17-35)9-13-27(26)40-6)29(24-12-11-22(33)14-20(24)5)36-25-16-23(34)10-8-19(25)4/h8-16,18,29,36H,7H2,1-6H3. The Balaban J connectivity index is 2.11. The summed E-state index contributed by atoms with van der Waals surface area (Å²) in [7, 11) is 1.56. The number of methoxy groups -OCH3 is 1. The monoisotopic (exact) mass is 590 g/mol. The van der Waals surface area contributed by atoms with Crippen LogP contribution in [0.1, 0.15) is 76.7 Å². The van der Waals surface area contributed by atoms with Gasteiger partial charge in [0.1, 0.15) is 11.4 Å². The van der Waals surface area contributed by atoms with Crippen molar-refractivity contribution in [3.63, 3.8) is 0 Å². The minimum Gasteiger partial charge on any atom is -0.494 e. The summed E-state index contributed by atoms with van der Waals surface area (Å²) in [5, 5.41) is 19.3. The van der Waals surface area contributed by atoms with Gasteiger partial charge in [0.2, 0.25) is 0 Å². The van der Waals surface area contributed by atoms with Crippen LogP contribution in [0.15, 0.2) is 54.6 Å². The molecule has 0 radical (unpaired) electrons. The van der Waals surface area contributed by atoms with E-state index < -0.39 is 12.0 Å². The summed E-state index contributed by atoms with van der Waals surface area (Å²) in [5.41, 5.74) is 6.14. The number of benzene rings is 3. The van der Waals surface area contributed by atoms with Crippen LogP contribution in [0.5, 0.6) is 5.75 Å². The molecule has 0 amide bonds. The molecule has 0 saturated carbocycles. The topological polar surface area (TPSA) is 89.2 Å². The molecule has 3 aromatic carbocycles. The van der Waals surface area contributed by atoms with Gasteiger partial charge in [0, 0.05) is 21.3 Å². The molecule has 0 saturated heterocycles. The molecule has 0 spiro atoms. The summed E-state index contributed by atoms with van der Waals surface area (Å²) in [6.45, 7) is 9.96. The summed E-state index contributed by atoms with van der Waals surface area (Å²) in [5.74, 6) is -0.151. The quantitative estimate of drug-likeness (QED) is 0.198. The molecule has 0 aliphatic heterocycles. The minimum absolute atomic E-state index is 0.103. The third-order valence-corrected chi connectivity index (χ3v) is 7.31. The molecule has 0 bridgehead atoms. The fourth-order valence-electron chi connectivity index (χ4n) is 4.92. The first-order valence-corrected chi connectivity index (χ1v) is 14.0. The highest BCUT2D eigenvalue weighted by Gasteiger charge is 2.34. The normalized spacial score (nSPS) is 11.7. The Morgan fingerprint density at radius 3 is 2.39 bits per heavy atom. The van der Waals surface area contributed by atoms with Crippen molar-refractivity contribution in [2.24, 2.45) is 0 Å². The predicted molar refractivity (Wildman–Crippen MR) is 163 cm³/mol. The second-order valence-corrected chi connectivity index (χ2v) is 10.8. The summed E-state index contributed by atoms with van der Waals surface area (Å²) in [4.78, 5) is 13.6. The molecule has 212 valence electrons. The lowest BCUT2D eigenvalue weighted by Gasteiger charge is -2.26. The van der Waals surface area contributed by atoms with E-state index in [1.807, 2.05) is 64.1 Å². The number of nitrogens with zero attached hydrogens (tertiary/aromatic N) is 3. The third kappa shape index (κ3) is 6.19. The Hall–Kier alpha value is -3.99. The molecule has 0 aliphatic carbocycles. The highest BCUT2D eigenvalue weighted by molar-refractivity contribution is 6.31. The fraction of sp³-hybridized carbons (Fsp3) is 0.281. The van der Waals surface area contributed by atoms with Gasteiger partial charge in [-0.25, -0.2) is 9.48 Å². The summed E-state index contributed by atoms with van der Waals surface area (Å²) in [6, 6.07) is 18.0. The number of carbonyl (C=O) groups is 1. The van der Waals surface area contributed by atoms with Crippen molar-refractivity contribution in [2.75, 3.05) is 19.0 Å². The Kier molecular flexibility index (Phi) is 9.27. The van der Waals surface area contributed by atoms with Crippen LogP contribution in [0.3, 0.4) is 0 Å². The average molecular weight is 592 g/mol. The molecule has 1 aromatic heterocycles. The van der Waals surface area contributed by atoms with Gasteiger partial charge >= 0.3 is 5.97 Å². The van der Waals surface area contributed by atoms with E-state index in [1.54, 1.807) is 36.9 Å². The molecule has 41 heavy (non-hydrogen) atoms. The lowest BCUT2D eigenvalue weighted by molar-refractivity contribution is 0.0517. The lowest BCUT2D eigenvalue weighted by Crippen LogP contribution is -2.20. The number of nitriles is 1. The molecule has 4 rings (SSSR count). The van der Waals surface area contributed by atoms with E-state index in [-0.39, 0.29) is 18.2 Å². The fourth-order valence-corrected chi connectivity index (χ4v) is 5.31. The molecular weight excluding hydrogens is 559 g/mol. The van der Waals surface area contributed by atoms with Crippen molar-refractivity contribution in [1.82, 2.24) is 9.78 Å². The van der Waals surface area contributed by atoms with E-state index in [0.717, 1.165) is 28.1 Å². The van der Waals surface area contributed by atoms with Crippen LogP contribution in [0.4, 0.5) is 5.69 Å². The van der Waals surface area contributed by atoms with Crippen LogP contribution >= 0.6 is 23.2 Å². The van der Waals surface area contributed by atoms with Crippen molar-refractivity contribution >= 4 is 34.9 Å². The van der Waals surface area contributed by atoms with Gasteiger partial charge in [-0.15, -0.1) is 0 Å². The van der Waals surface area contributed by atoms with E-state index in [9.17, 15) is 10.1 Å². The van der Waals surface area contributed by atoms with Crippen molar-refractivity contribution in [3.05, 3.63) is 104 Å². The zero-order valence-corrected chi connectivity index (χ0v) is 25.4. The van der Waals surface area contributed by atoms with E-state index in [2.05, 4.69) is 11.4 Å². The van der Waals surface area contributed by atoms with Gasteiger partial charge in [0.15, 0.2) is 5.69 Å². The average Bonchev–Trinajstić information content (AvgIpc) is 3.34. The minimum atomic E-state index is -0.556. The number of halogens is 2. The molecule has 1 atom stereocenters. The number of nitrogens with one attached hydrogen (secondary N) is 1. The van der Waals surface area contributed by atoms with Crippen LogP contribution in [0.2, 0.25) is 10.0 Å². The van der Waals surface area contributed by atoms with Crippen molar-refractivity contribution in [3.8, 4) is 17.5 Å². The molecule has 7 nitrogen and oxygen atoms in total. The predicted octanol–water partition coefficient (Wildman–Crippen LogP) is 8.18. The first-order valence-electron chi connectivity index (χ1n) is 13.3. The van der Waals surface area contributed by atoms with Gasteiger partial charge in [0.05, 0.1) is 37.1 Å². The van der Waals surface area contributed by atoms with Gasteiger partial charge in [-0.2, -0.15) is 10.4 Å². The van der Waals surface area contributed by atoms with Gasteiger partial charge in [-0.05, 0) is 85.8 Å². The maximum atomic E-state index is 13.6. The van der Waals surface area contributed by atoms with Crippen molar-refractivity contribution < 1.29 is 14.3 Å². The largest absolute Gasteiger partial charge is 0.494 e. The SMILES string of the molecule is CCOC(=O)c1nn(-c2cc(C#N)ccc2OC)c(C(C)C)c1C(Nc1cc(Cl)ccc1C)c1ccc(Cl)cc1C. The van der Waals surface area contributed by atoms with E-state index in [1.165, 1.54) is 0 Å². The van der Waals surface area contributed by atoms with Gasteiger partial charge < -0.3 is 14.8 Å². The van der Waals surface area contributed by atoms with Gasteiger partial charge in [0.25, 0.3) is 0 Å².